The smallest absolute Gasteiger partial charge is 0.316 e. The monoisotopic (exact) mass is 363 g/mol. The molecule has 0 bridgehead atoms. The summed E-state index contributed by atoms with van der Waals surface area (Å²) in [7, 11) is 0. The summed E-state index contributed by atoms with van der Waals surface area (Å²) in [6.45, 7) is 2.16. The molecule has 1 aromatic carbocycles. The highest BCUT2D eigenvalue weighted by atomic mass is 32.2. The first-order chi connectivity index (χ1) is 12.2. The lowest BCUT2D eigenvalue weighted by atomic mass is 9.95. The molecule has 0 radical (unpaired) electrons. The van der Waals surface area contributed by atoms with Gasteiger partial charge < -0.3 is 4.74 Å². The van der Waals surface area contributed by atoms with E-state index in [4.69, 9.17) is 4.74 Å². The largest absolute Gasteiger partial charge is 0.465 e. The molecular weight excluding hydrogens is 341 g/mol. The minimum atomic E-state index is -0.274. The van der Waals surface area contributed by atoms with Gasteiger partial charge in [0.25, 0.3) is 0 Å². The first-order valence-electron chi connectivity index (χ1n) is 8.68. The molecule has 0 atom stereocenters. The van der Waals surface area contributed by atoms with Crippen LogP contribution < -0.4 is 0 Å². The summed E-state index contributed by atoms with van der Waals surface area (Å²) in [5.74, 6) is 0.416. The molecule has 7 heteroatoms. The second-order valence-electron chi connectivity index (χ2n) is 6.07. The van der Waals surface area contributed by atoms with Crippen molar-refractivity contribution in [3.63, 3.8) is 0 Å². The zero-order chi connectivity index (χ0) is 17.6. The van der Waals surface area contributed by atoms with Gasteiger partial charge in [-0.05, 0) is 44.0 Å². The predicted molar refractivity (Wildman–Crippen MR) is 94.9 cm³/mol. The Morgan fingerprint density at radius 2 is 1.96 bits per heavy atom. The van der Waals surface area contributed by atoms with Gasteiger partial charge in [-0.2, -0.15) is 0 Å². The van der Waals surface area contributed by atoms with Crippen LogP contribution in [0.5, 0.6) is 0 Å². The van der Waals surface area contributed by atoms with Crippen molar-refractivity contribution in [2.75, 3.05) is 12.4 Å². The Balaban J connectivity index is 1.89. The number of benzene rings is 1. The number of halogens is 1. The number of ether oxygens (including phenoxy) is 1. The van der Waals surface area contributed by atoms with Gasteiger partial charge in [0.1, 0.15) is 5.82 Å². The van der Waals surface area contributed by atoms with Gasteiger partial charge in [0.15, 0.2) is 11.0 Å². The first kappa shape index (κ1) is 17.9. The Labute approximate surface area is 151 Å². The lowest BCUT2D eigenvalue weighted by Crippen LogP contribution is -2.16. The SMILES string of the molecule is CCOC(=O)CSc1nnc(-c2ccc(F)cc2)n1C1CCCCC1. The van der Waals surface area contributed by atoms with Crippen molar-refractivity contribution in [1.82, 2.24) is 14.8 Å². The molecule has 0 aliphatic heterocycles. The molecule has 1 saturated carbocycles. The Morgan fingerprint density at radius 1 is 1.24 bits per heavy atom. The van der Waals surface area contributed by atoms with E-state index in [1.165, 1.54) is 43.2 Å². The minimum absolute atomic E-state index is 0.210. The van der Waals surface area contributed by atoms with E-state index in [2.05, 4.69) is 14.8 Å². The number of hydrogen-bond acceptors (Lipinski definition) is 5. The van der Waals surface area contributed by atoms with Crippen LogP contribution in [-0.4, -0.2) is 33.1 Å². The highest BCUT2D eigenvalue weighted by Crippen LogP contribution is 2.35. The van der Waals surface area contributed by atoms with Crippen LogP contribution in [0.3, 0.4) is 0 Å². The minimum Gasteiger partial charge on any atom is -0.465 e. The van der Waals surface area contributed by atoms with Crippen molar-refractivity contribution < 1.29 is 13.9 Å². The number of thioether (sulfide) groups is 1. The second-order valence-corrected chi connectivity index (χ2v) is 7.01. The molecule has 1 aliphatic carbocycles. The van der Waals surface area contributed by atoms with Crippen LogP contribution >= 0.6 is 11.8 Å². The van der Waals surface area contributed by atoms with Crippen LogP contribution in [0.4, 0.5) is 4.39 Å². The molecule has 134 valence electrons. The Kier molecular flexibility index (Phi) is 6.07. The van der Waals surface area contributed by atoms with Gasteiger partial charge >= 0.3 is 5.97 Å². The molecule has 3 rings (SSSR count). The molecule has 0 spiro atoms. The fraction of sp³-hybridized carbons (Fsp3) is 0.500. The van der Waals surface area contributed by atoms with Crippen molar-refractivity contribution in [2.24, 2.45) is 0 Å². The van der Waals surface area contributed by atoms with E-state index in [9.17, 15) is 9.18 Å². The highest BCUT2D eigenvalue weighted by molar-refractivity contribution is 7.99. The van der Waals surface area contributed by atoms with E-state index >= 15 is 0 Å². The van der Waals surface area contributed by atoms with Crippen molar-refractivity contribution >= 4 is 17.7 Å². The summed E-state index contributed by atoms with van der Waals surface area (Å²) >= 11 is 1.35. The number of carbonyl (C=O) groups is 1. The lowest BCUT2D eigenvalue weighted by molar-refractivity contribution is -0.139. The third-order valence-electron chi connectivity index (χ3n) is 4.33. The van der Waals surface area contributed by atoms with Gasteiger partial charge in [-0.25, -0.2) is 4.39 Å². The van der Waals surface area contributed by atoms with Crippen LogP contribution in [0.2, 0.25) is 0 Å². The third kappa shape index (κ3) is 4.39. The molecular formula is C18H22FN3O2S. The molecule has 25 heavy (non-hydrogen) atoms. The number of aromatic nitrogens is 3. The molecule has 1 aromatic heterocycles. The van der Waals surface area contributed by atoms with Crippen LogP contribution in [0, 0.1) is 5.82 Å². The van der Waals surface area contributed by atoms with E-state index in [-0.39, 0.29) is 17.5 Å². The number of rotatable bonds is 6. The first-order valence-corrected chi connectivity index (χ1v) is 9.67. The standard InChI is InChI=1S/C18H22FN3O2S/c1-2-24-16(23)12-25-18-21-20-17(13-8-10-14(19)11-9-13)22(18)15-6-4-3-5-7-15/h8-11,15H,2-7,12H2,1H3. The van der Waals surface area contributed by atoms with E-state index in [0.29, 0.717) is 12.6 Å². The van der Waals surface area contributed by atoms with Gasteiger partial charge in [0, 0.05) is 11.6 Å². The third-order valence-corrected chi connectivity index (χ3v) is 5.25. The molecule has 5 nitrogen and oxygen atoms in total. The quantitative estimate of drug-likeness (QED) is 0.567. The fourth-order valence-corrected chi connectivity index (χ4v) is 3.97. The predicted octanol–water partition coefficient (Wildman–Crippen LogP) is 4.24. The van der Waals surface area contributed by atoms with Gasteiger partial charge in [0.2, 0.25) is 0 Å². The van der Waals surface area contributed by atoms with E-state index in [1.807, 2.05) is 0 Å². The Morgan fingerprint density at radius 3 is 2.64 bits per heavy atom. The molecule has 1 aliphatic rings. The van der Waals surface area contributed by atoms with Crippen LogP contribution in [0.15, 0.2) is 29.4 Å². The second kappa shape index (κ2) is 8.47. The maximum absolute atomic E-state index is 13.2. The Hall–Kier alpha value is -1.89. The van der Waals surface area contributed by atoms with E-state index in [1.54, 1.807) is 19.1 Å². The summed E-state index contributed by atoms with van der Waals surface area (Å²) in [6, 6.07) is 6.62. The van der Waals surface area contributed by atoms with Crippen molar-refractivity contribution in [1.29, 1.82) is 0 Å². The van der Waals surface area contributed by atoms with Crippen molar-refractivity contribution in [3.05, 3.63) is 30.1 Å². The van der Waals surface area contributed by atoms with Crippen LogP contribution in [-0.2, 0) is 9.53 Å². The Bertz CT molecular complexity index is 712. The summed E-state index contributed by atoms with van der Waals surface area (Å²) in [5.41, 5.74) is 0.836. The fourth-order valence-electron chi connectivity index (χ4n) is 3.17. The molecule has 2 aromatic rings. The number of nitrogens with zero attached hydrogens (tertiary/aromatic N) is 3. The van der Waals surface area contributed by atoms with E-state index < -0.39 is 0 Å². The molecule has 0 amide bonds. The number of esters is 1. The van der Waals surface area contributed by atoms with Crippen LogP contribution in [0.1, 0.15) is 45.1 Å². The van der Waals surface area contributed by atoms with Gasteiger partial charge in [0.05, 0.1) is 12.4 Å². The maximum Gasteiger partial charge on any atom is 0.316 e. The average Bonchev–Trinajstić information content (AvgIpc) is 3.05. The molecule has 0 N–H and O–H groups in total. The molecule has 1 fully saturated rings. The van der Waals surface area contributed by atoms with Gasteiger partial charge in [-0.15, -0.1) is 10.2 Å². The van der Waals surface area contributed by atoms with Gasteiger partial charge in [-0.3, -0.25) is 9.36 Å². The number of carbonyl (C=O) groups excluding carboxylic acids is 1. The molecule has 1 heterocycles. The van der Waals surface area contributed by atoms with Crippen molar-refractivity contribution in [3.8, 4) is 11.4 Å². The van der Waals surface area contributed by atoms with Gasteiger partial charge in [-0.1, -0.05) is 31.0 Å². The maximum atomic E-state index is 13.2. The summed E-state index contributed by atoms with van der Waals surface area (Å²) in [4.78, 5) is 11.7. The lowest BCUT2D eigenvalue weighted by Gasteiger charge is -2.25. The summed E-state index contributed by atoms with van der Waals surface area (Å²) in [5, 5.41) is 9.35. The number of hydrogen-bond donors (Lipinski definition) is 0. The molecule has 0 saturated heterocycles. The van der Waals surface area contributed by atoms with E-state index in [0.717, 1.165) is 29.4 Å². The highest BCUT2D eigenvalue weighted by Gasteiger charge is 2.24. The molecule has 0 unspecified atom stereocenters. The zero-order valence-electron chi connectivity index (χ0n) is 14.3. The topological polar surface area (TPSA) is 57.0 Å². The normalized spacial score (nSPS) is 15.3. The summed E-state index contributed by atoms with van der Waals surface area (Å²) in [6.07, 6.45) is 5.73. The van der Waals surface area contributed by atoms with Crippen molar-refractivity contribution in [2.45, 2.75) is 50.2 Å². The zero-order valence-corrected chi connectivity index (χ0v) is 15.1. The average molecular weight is 363 g/mol. The van der Waals surface area contributed by atoms with Crippen LogP contribution in [0.25, 0.3) is 11.4 Å². The summed E-state index contributed by atoms with van der Waals surface area (Å²) < 4.78 is 20.4.